The van der Waals surface area contributed by atoms with E-state index in [0.717, 1.165) is 0 Å². The van der Waals surface area contributed by atoms with Gasteiger partial charge in [0.2, 0.25) is 0 Å². The highest BCUT2D eigenvalue weighted by Gasteiger charge is 2.27. The third-order valence-electron chi connectivity index (χ3n) is 2.99. The Morgan fingerprint density at radius 2 is 2.15 bits per heavy atom. The van der Waals surface area contributed by atoms with Crippen molar-refractivity contribution in [3.63, 3.8) is 0 Å². The second kappa shape index (κ2) is 6.43. The fourth-order valence-electron chi connectivity index (χ4n) is 2.05. The molecule has 0 aromatic heterocycles. The number of hydrogen-bond acceptors (Lipinski definition) is 3. The van der Waals surface area contributed by atoms with Crippen molar-refractivity contribution in [1.29, 1.82) is 0 Å². The van der Waals surface area contributed by atoms with E-state index in [2.05, 4.69) is 0 Å². The summed E-state index contributed by atoms with van der Waals surface area (Å²) in [7, 11) is 0. The molecule has 0 aliphatic carbocycles. The fraction of sp³-hybridized carbons (Fsp3) is 0.385. The molecule has 1 aromatic carbocycles. The minimum Gasteiger partial charge on any atom is -0.481 e. The zero-order chi connectivity index (χ0) is 14.7. The van der Waals surface area contributed by atoms with Gasteiger partial charge in [0.1, 0.15) is 0 Å². The first-order valence-corrected chi connectivity index (χ1v) is 6.80. The van der Waals surface area contributed by atoms with E-state index in [4.69, 9.17) is 33.0 Å². The smallest absolute Gasteiger partial charge is 0.306 e. The van der Waals surface area contributed by atoms with Crippen molar-refractivity contribution in [3.05, 3.63) is 33.8 Å². The molecule has 0 radical (unpaired) electrons. The van der Waals surface area contributed by atoms with Crippen molar-refractivity contribution in [3.8, 4) is 0 Å². The molecule has 7 heteroatoms. The van der Waals surface area contributed by atoms with Crippen molar-refractivity contribution in [2.75, 3.05) is 19.7 Å². The minimum absolute atomic E-state index is 0.132. The SMILES string of the molecule is O=C(O)C[C@@H]1CN(C(=O)c2cc(Cl)ccc2Cl)CCO1. The van der Waals surface area contributed by atoms with Gasteiger partial charge in [-0.1, -0.05) is 23.2 Å². The van der Waals surface area contributed by atoms with E-state index in [0.29, 0.717) is 28.8 Å². The summed E-state index contributed by atoms with van der Waals surface area (Å²) in [6.45, 7) is 0.938. The number of carbonyl (C=O) groups is 2. The Balaban J connectivity index is 2.12. The van der Waals surface area contributed by atoms with Gasteiger partial charge < -0.3 is 14.7 Å². The molecule has 1 amide bonds. The second-order valence-electron chi connectivity index (χ2n) is 4.47. The van der Waals surface area contributed by atoms with Crippen LogP contribution in [0, 0.1) is 0 Å². The summed E-state index contributed by atoms with van der Waals surface area (Å²) in [6, 6.07) is 4.67. The lowest BCUT2D eigenvalue weighted by atomic mass is 10.1. The molecule has 20 heavy (non-hydrogen) atoms. The average Bonchev–Trinajstić information content (AvgIpc) is 2.40. The first kappa shape index (κ1) is 15.1. The second-order valence-corrected chi connectivity index (χ2v) is 5.31. The van der Waals surface area contributed by atoms with Crippen LogP contribution in [-0.4, -0.2) is 47.7 Å². The van der Waals surface area contributed by atoms with Crippen LogP contribution < -0.4 is 0 Å². The van der Waals surface area contributed by atoms with Gasteiger partial charge in [0.05, 0.1) is 29.7 Å². The van der Waals surface area contributed by atoms with Crippen LogP contribution in [0.5, 0.6) is 0 Å². The maximum absolute atomic E-state index is 12.4. The van der Waals surface area contributed by atoms with Crippen LogP contribution in [0.3, 0.4) is 0 Å². The summed E-state index contributed by atoms with van der Waals surface area (Å²) in [5.41, 5.74) is 0.315. The number of halogens is 2. The van der Waals surface area contributed by atoms with E-state index < -0.39 is 12.1 Å². The van der Waals surface area contributed by atoms with Gasteiger partial charge in [0.15, 0.2) is 0 Å². The summed E-state index contributed by atoms with van der Waals surface area (Å²) in [4.78, 5) is 24.6. The number of ether oxygens (including phenoxy) is 1. The lowest BCUT2D eigenvalue weighted by Gasteiger charge is -2.32. The standard InChI is InChI=1S/C13H13Cl2NO4/c14-8-1-2-11(15)10(5-8)13(19)16-3-4-20-9(7-16)6-12(17)18/h1-2,5,9H,3-4,6-7H2,(H,17,18)/t9-/m1/s1. The van der Waals surface area contributed by atoms with E-state index >= 15 is 0 Å². The highest BCUT2D eigenvalue weighted by atomic mass is 35.5. The van der Waals surface area contributed by atoms with Gasteiger partial charge in [-0.25, -0.2) is 0 Å². The molecule has 0 saturated carbocycles. The Morgan fingerprint density at radius 3 is 2.85 bits per heavy atom. The lowest BCUT2D eigenvalue weighted by molar-refractivity contribution is -0.141. The molecule has 1 atom stereocenters. The molecule has 1 aliphatic heterocycles. The third-order valence-corrected chi connectivity index (χ3v) is 3.55. The van der Waals surface area contributed by atoms with E-state index in [9.17, 15) is 9.59 Å². The van der Waals surface area contributed by atoms with Crippen LogP contribution in [0.25, 0.3) is 0 Å². The number of benzene rings is 1. The number of nitrogens with zero attached hydrogens (tertiary/aromatic N) is 1. The fourth-order valence-corrected chi connectivity index (χ4v) is 2.42. The zero-order valence-electron chi connectivity index (χ0n) is 10.5. The number of amides is 1. The molecule has 1 heterocycles. The molecular formula is C13H13Cl2NO4. The van der Waals surface area contributed by atoms with Gasteiger partial charge in [0.25, 0.3) is 5.91 Å². The molecule has 0 spiro atoms. The van der Waals surface area contributed by atoms with E-state index in [-0.39, 0.29) is 18.9 Å². The highest BCUT2D eigenvalue weighted by molar-refractivity contribution is 6.35. The molecule has 0 bridgehead atoms. The van der Waals surface area contributed by atoms with Crippen LogP contribution in [-0.2, 0) is 9.53 Å². The molecule has 1 aliphatic rings. The highest BCUT2D eigenvalue weighted by Crippen LogP contribution is 2.23. The lowest BCUT2D eigenvalue weighted by Crippen LogP contribution is -2.46. The molecule has 1 aromatic rings. The zero-order valence-corrected chi connectivity index (χ0v) is 12.0. The monoisotopic (exact) mass is 317 g/mol. The normalized spacial score (nSPS) is 18.9. The number of hydrogen-bond donors (Lipinski definition) is 1. The third kappa shape index (κ3) is 3.62. The summed E-state index contributed by atoms with van der Waals surface area (Å²) < 4.78 is 5.33. The number of aliphatic carboxylic acids is 1. The van der Waals surface area contributed by atoms with Crippen LogP contribution >= 0.6 is 23.2 Å². The first-order valence-electron chi connectivity index (χ1n) is 6.05. The van der Waals surface area contributed by atoms with Crippen molar-refractivity contribution in [2.45, 2.75) is 12.5 Å². The molecule has 0 unspecified atom stereocenters. The summed E-state index contributed by atoms with van der Waals surface area (Å²) in [5.74, 6) is -1.22. The van der Waals surface area contributed by atoms with Gasteiger partial charge in [-0.2, -0.15) is 0 Å². The number of rotatable bonds is 3. The van der Waals surface area contributed by atoms with Crippen molar-refractivity contribution >= 4 is 35.1 Å². The molecule has 1 fully saturated rings. The number of carbonyl (C=O) groups excluding carboxylic acids is 1. The molecule has 108 valence electrons. The van der Waals surface area contributed by atoms with Gasteiger partial charge in [-0.05, 0) is 18.2 Å². The Hall–Kier alpha value is -1.30. The Labute approximate surface area is 126 Å². The van der Waals surface area contributed by atoms with Crippen LogP contribution in [0.2, 0.25) is 10.0 Å². The molecular weight excluding hydrogens is 305 g/mol. The number of morpholine rings is 1. The van der Waals surface area contributed by atoms with Crippen molar-refractivity contribution in [2.24, 2.45) is 0 Å². The van der Waals surface area contributed by atoms with Crippen molar-refractivity contribution in [1.82, 2.24) is 4.90 Å². The van der Waals surface area contributed by atoms with Gasteiger partial charge in [0, 0.05) is 18.1 Å². The largest absolute Gasteiger partial charge is 0.481 e. The van der Waals surface area contributed by atoms with Gasteiger partial charge in [-0.15, -0.1) is 0 Å². The summed E-state index contributed by atoms with van der Waals surface area (Å²) in [5, 5.41) is 9.51. The Morgan fingerprint density at radius 1 is 1.40 bits per heavy atom. The van der Waals surface area contributed by atoms with Crippen LogP contribution in [0.15, 0.2) is 18.2 Å². The molecule has 2 rings (SSSR count). The molecule has 1 N–H and O–H groups in total. The topological polar surface area (TPSA) is 66.8 Å². The van der Waals surface area contributed by atoms with Gasteiger partial charge in [-0.3, -0.25) is 9.59 Å². The molecule has 1 saturated heterocycles. The summed E-state index contributed by atoms with van der Waals surface area (Å²) >= 11 is 11.9. The first-order chi connectivity index (χ1) is 9.47. The van der Waals surface area contributed by atoms with Crippen molar-refractivity contribution < 1.29 is 19.4 Å². The number of carboxylic acids is 1. The summed E-state index contributed by atoms with van der Waals surface area (Å²) in [6.07, 6.45) is -0.629. The maximum Gasteiger partial charge on any atom is 0.306 e. The van der Waals surface area contributed by atoms with E-state index in [1.165, 1.54) is 11.0 Å². The number of carboxylic acid groups (broad SMARTS) is 1. The Bertz CT molecular complexity index is 535. The van der Waals surface area contributed by atoms with Crippen LogP contribution in [0.4, 0.5) is 0 Å². The van der Waals surface area contributed by atoms with E-state index in [1.807, 2.05) is 0 Å². The predicted molar refractivity (Wildman–Crippen MR) is 74.4 cm³/mol. The quantitative estimate of drug-likeness (QED) is 0.929. The Kier molecular flexibility index (Phi) is 4.86. The minimum atomic E-state index is -0.954. The van der Waals surface area contributed by atoms with Crippen LogP contribution in [0.1, 0.15) is 16.8 Å². The average molecular weight is 318 g/mol. The predicted octanol–water partition coefficient (Wildman–Crippen LogP) is 2.31. The maximum atomic E-state index is 12.4. The van der Waals surface area contributed by atoms with Gasteiger partial charge >= 0.3 is 5.97 Å². The van der Waals surface area contributed by atoms with E-state index in [1.54, 1.807) is 12.1 Å². The molecule has 5 nitrogen and oxygen atoms in total.